The number of carbonyl (C=O) groups excluding carboxylic acids is 1. The quantitative estimate of drug-likeness (QED) is 0.355. The SMILES string of the molecule is CCNC(=NCCCNC(=O)c1cccs1)NCCc1csc(C)n1. The summed E-state index contributed by atoms with van der Waals surface area (Å²) in [4.78, 5) is 21.6. The van der Waals surface area contributed by atoms with Crippen LogP contribution in [0.4, 0.5) is 0 Å². The Morgan fingerprint density at radius 2 is 2.12 bits per heavy atom. The van der Waals surface area contributed by atoms with Crippen molar-refractivity contribution in [2.45, 2.75) is 26.7 Å². The molecule has 2 aromatic rings. The van der Waals surface area contributed by atoms with Gasteiger partial charge in [-0.3, -0.25) is 9.79 Å². The van der Waals surface area contributed by atoms with E-state index >= 15 is 0 Å². The minimum absolute atomic E-state index is 0.0115. The molecule has 0 saturated heterocycles. The van der Waals surface area contributed by atoms with Crippen LogP contribution < -0.4 is 16.0 Å². The highest BCUT2D eigenvalue weighted by molar-refractivity contribution is 7.12. The molecule has 6 nitrogen and oxygen atoms in total. The molecule has 0 unspecified atom stereocenters. The van der Waals surface area contributed by atoms with Gasteiger partial charge in [-0.1, -0.05) is 6.07 Å². The Labute approximate surface area is 156 Å². The minimum Gasteiger partial charge on any atom is -0.357 e. The van der Waals surface area contributed by atoms with Crippen molar-refractivity contribution in [2.24, 2.45) is 4.99 Å². The Hall–Kier alpha value is -1.93. The number of aromatic nitrogens is 1. The maximum Gasteiger partial charge on any atom is 0.261 e. The standard InChI is InChI=1S/C17H25N5OS2/c1-3-18-17(21-10-7-14-12-25-13(2)22-14)20-9-5-8-19-16(23)15-6-4-11-24-15/h4,6,11-12H,3,5,7-10H2,1-2H3,(H,19,23)(H2,18,20,21). The highest BCUT2D eigenvalue weighted by atomic mass is 32.1. The van der Waals surface area contributed by atoms with Gasteiger partial charge in [0.1, 0.15) is 0 Å². The summed E-state index contributed by atoms with van der Waals surface area (Å²) in [6, 6.07) is 3.71. The van der Waals surface area contributed by atoms with Crippen LogP contribution >= 0.6 is 22.7 Å². The fraction of sp³-hybridized carbons (Fsp3) is 0.471. The lowest BCUT2D eigenvalue weighted by atomic mass is 10.3. The van der Waals surface area contributed by atoms with E-state index in [1.807, 2.05) is 31.4 Å². The number of nitrogens with one attached hydrogen (secondary N) is 3. The van der Waals surface area contributed by atoms with E-state index < -0.39 is 0 Å². The first kappa shape index (κ1) is 19.4. The number of carbonyl (C=O) groups is 1. The highest BCUT2D eigenvalue weighted by Crippen LogP contribution is 2.08. The predicted octanol–water partition coefficient (Wildman–Crippen LogP) is 2.43. The molecule has 8 heteroatoms. The molecule has 25 heavy (non-hydrogen) atoms. The zero-order valence-electron chi connectivity index (χ0n) is 14.7. The minimum atomic E-state index is -0.0115. The van der Waals surface area contributed by atoms with Gasteiger partial charge in [0.25, 0.3) is 5.91 Å². The third kappa shape index (κ3) is 7.23. The molecule has 0 spiro atoms. The van der Waals surface area contributed by atoms with Crippen molar-refractivity contribution >= 4 is 34.5 Å². The number of thiazole rings is 1. The van der Waals surface area contributed by atoms with E-state index in [0.29, 0.717) is 13.1 Å². The van der Waals surface area contributed by atoms with Gasteiger partial charge in [0.15, 0.2) is 5.96 Å². The molecule has 2 aromatic heterocycles. The molecule has 0 aliphatic rings. The zero-order chi connectivity index (χ0) is 17.9. The summed E-state index contributed by atoms with van der Waals surface area (Å²) >= 11 is 3.13. The van der Waals surface area contributed by atoms with Gasteiger partial charge in [-0.2, -0.15) is 0 Å². The molecule has 0 aliphatic heterocycles. The summed E-state index contributed by atoms with van der Waals surface area (Å²) in [7, 11) is 0. The van der Waals surface area contributed by atoms with Gasteiger partial charge in [-0.25, -0.2) is 4.98 Å². The smallest absolute Gasteiger partial charge is 0.261 e. The maximum atomic E-state index is 11.8. The Morgan fingerprint density at radius 1 is 1.24 bits per heavy atom. The fourth-order valence-corrected chi connectivity index (χ4v) is 3.43. The van der Waals surface area contributed by atoms with Crippen molar-refractivity contribution in [1.29, 1.82) is 0 Å². The van der Waals surface area contributed by atoms with Crippen LogP contribution in [-0.4, -0.2) is 43.0 Å². The average Bonchev–Trinajstić information content (AvgIpc) is 3.26. The molecular weight excluding hydrogens is 354 g/mol. The van der Waals surface area contributed by atoms with Gasteiger partial charge in [0.2, 0.25) is 0 Å². The number of aryl methyl sites for hydroxylation is 1. The summed E-state index contributed by atoms with van der Waals surface area (Å²) in [6.45, 7) is 6.96. The van der Waals surface area contributed by atoms with Gasteiger partial charge < -0.3 is 16.0 Å². The summed E-state index contributed by atoms with van der Waals surface area (Å²) in [5.41, 5.74) is 1.11. The Morgan fingerprint density at radius 3 is 2.80 bits per heavy atom. The molecule has 0 aromatic carbocycles. The maximum absolute atomic E-state index is 11.8. The van der Waals surface area contributed by atoms with Crippen LogP contribution in [0.1, 0.15) is 33.7 Å². The van der Waals surface area contributed by atoms with Crippen LogP contribution in [0.3, 0.4) is 0 Å². The van der Waals surface area contributed by atoms with Crippen LogP contribution in [0.2, 0.25) is 0 Å². The number of hydrogen-bond donors (Lipinski definition) is 3. The number of nitrogens with zero attached hydrogens (tertiary/aromatic N) is 2. The summed E-state index contributed by atoms with van der Waals surface area (Å²) in [5, 5.41) is 14.6. The van der Waals surface area contributed by atoms with Crippen LogP contribution in [0.15, 0.2) is 27.9 Å². The fourth-order valence-electron chi connectivity index (χ4n) is 2.14. The molecule has 0 bridgehead atoms. The first-order valence-corrected chi connectivity index (χ1v) is 10.2. The van der Waals surface area contributed by atoms with Gasteiger partial charge in [-0.05, 0) is 31.7 Å². The lowest BCUT2D eigenvalue weighted by molar-refractivity contribution is 0.0957. The molecule has 0 atom stereocenters. The van der Waals surface area contributed by atoms with E-state index in [1.54, 1.807) is 11.3 Å². The number of guanidine groups is 1. The first-order chi connectivity index (χ1) is 12.2. The lowest BCUT2D eigenvalue weighted by Crippen LogP contribution is -2.38. The number of amides is 1. The van der Waals surface area contributed by atoms with Crippen LogP contribution in [-0.2, 0) is 6.42 Å². The molecular formula is C17H25N5OS2. The van der Waals surface area contributed by atoms with Crippen molar-refractivity contribution in [1.82, 2.24) is 20.9 Å². The second kappa shape index (κ2) is 10.8. The lowest BCUT2D eigenvalue weighted by Gasteiger charge is -2.10. The van der Waals surface area contributed by atoms with E-state index in [1.165, 1.54) is 11.3 Å². The van der Waals surface area contributed by atoms with Crippen molar-refractivity contribution in [3.63, 3.8) is 0 Å². The van der Waals surface area contributed by atoms with Crippen LogP contribution in [0, 0.1) is 6.92 Å². The predicted molar refractivity (Wildman–Crippen MR) is 106 cm³/mol. The Bertz CT molecular complexity index is 666. The van der Waals surface area contributed by atoms with Crippen molar-refractivity contribution in [2.75, 3.05) is 26.2 Å². The van der Waals surface area contributed by atoms with Crippen molar-refractivity contribution < 1.29 is 4.79 Å². The molecule has 0 aliphatic carbocycles. The van der Waals surface area contributed by atoms with E-state index in [0.717, 1.165) is 47.5 Å². The Kier molecular flexibility index (Phi) is 8.41. The molecule has 0 saturated carbocycles. The summed E-state index contributed by atoms with van der Waals surface area (Å²) in [6.07, 6.45) is 1.69. The zero-order valence-corrected chi connectivity index (χ0v) is 16.3. The number of rotatable bonds is 9. The van der Waals surface area contributed by atoms with E-state index in [9.17, 15) is 4.79 Å². The van der Waals surface area contributed by atoms with E-state index in [-0.39, 0.29) is 5.91 Å². The van der Waals surface area contributed by atoms with E-state index in [4.69, 9.17) is 0 Å². The largest absolute Gasteiger partial charge is 0.357 e. The second-order valence-corrected chi connectivity index (χ2v) is 7.39. The molecule has 0 radical (unpaired) electrons. The molecule has 0 fully saturated rings. The molecule has 2 heterocycles. The van der Waals surface area contributed by atoms with Gasteiger partial charge in [0, 0.05) is 38.0 Å². The van der Waals surface area contributed by atoms with Gasteiger partial charge >= 0.3 is 0 Å². The number of hydrogen-bond acceptors (Lipinski definition) is 5. The molecule has 2 rings (SSSR count). The Balaban J connectivity index is 1.65. The summed E-state index contributed by atoms with van der Waals surface area (Å²) < 4.78 is 0. The van der Waals surface area contributed by atoms with Crippen LogP contribution in [0.25, 0.3) is 0 Å². The number of thiophene rings is 1. The third-order valence-electron chi connectivity index (χ3n) is 3.32. The van der Waals surface area contributed by atoms with Gasteiger partial charge in [0.05, 0.1) is 15.6 Å². The molecule has 136 valence electrons. The average molecular weight is 380 g/mol. The van der Waals surface area contributed by atoms with E-state index in [2.05, 4.69) is 31.3 Å². The topological polar surface area (TPSA) is 78.4 Å². The molecule has 1 amide bonds. The van der Waals surface area contributed by atoms with Crippen LogP contribution in [0.5, 0.6) is 0 Å². The van der Waals surface area contributed by atoms with Gasteiger partial charge in [-0.15, -0.1) is 22.7 Å². The second-order valence-electron chi connectivity index (χ2n) is 5.38. The van der Waals surface area contributed by atoms with Crippen molar-refractivity contribution in [3.8, 4) is 0 Å². The third-order valence-corrected chi connectivity index (χ3v) is 5.01. The monoisotopic (exact) mass is 379 g/mol. The first-order valence-electron chi connectivity index (χ1n) is 8.44. The number of aliphatic imine (C=N–C) groups is 1. The highest BCUT2D eigenvalue weighted by Gasteiger charge is 2.04. The summed E-state index contributed by atoms with van der Waals surface area (Å²) in [5.74, 6) is 0.793. The normalized spacial score (nSPS) is 11.4. The molecule has 3 N–H and O–H groups in total. The van der Waals surface area contributed by atoms with Crippen molar-refractivity contribution in [3.05, 3.63) is 38.5 Å².